The summed E-state index contributed by atoms with van der Waals surface area (Å²) in [6.07, 6.45) is 0. The summed E-state index contributed by atoms with van der Waals surface area (Å²) >= 11 is 18.0. The van der Waals surface area contributed by atoms with E-state index in [0.717, 1.165) is 0 Å². The van der Waals surface area contributed by atoms with Gasteiger partial charge >= 0.3 is 10.1 Å². The molecule has 1 aromatic heterocycles. The molecule has 0 saturated carbocycles. The number of sulfone groups is 1. The summed E-state index contributed by atoms with van der Waals surface area (Å²) in [6.45, 7) is 1.56. The van der Waals surface area contributed by atoms with Crippen molar-refractivity contribution < 1.29 is 25.4 Å². The van der Waals surface area contributed by atoms with Gasteiger partial charge in [-0.05, 0) is 54.6 Å². The average Bonchev–Trinajstić information content (AvgIpc) is 3.18. The number of benzene rings is 3. The molecule has 12 heteroatoms. The molecule has 1 heterocycles. The lowest BCUT2D eigenvalue weighted by Gasteiger charge is -2.10. The van der Waals surface area contributed by atoms with Crippen molar-refractivity contribution in [1.82, 2.24) is 4.98 Å². The molecule has 0 aliphatic rings. The van der Waals surface area contributed by atoms with Gasteiger partial charge in [0.25, 0.3) is 0 Å². The highest BCUT2D eigenvalue weighted by Crippen LogP contribution is 2.35. The molecule has 172 valence electrons. The summed E-state index contributed by atoms with van der Waals surface area (Å²) in [6, 6.07) is 12.6. The van der Waals surface area contributed by atoms with E-state index in [4.69, 9.17) is 43.4 Å². The topological polar surface area (TPSA) is 104 Å². The Morgan fingerprint density at radius 1 is 0.909 bits per heavy atom. The Morgan fingerprint density at radius 2 is 1.67 bits per heavy atom. The lowest BCUT2D eigenvalue weighted by molar-refractivity contribution is 0.486. The van der Waals surface area contributed by atoms with Crippen LogP contribution >= 0.6 is 34.8 Å². The molecular formula is C21H14Cl3NO6S2. The molecule has 0 atom stereocenters. The Hall–Kier alpha value is -2.30. The molecule has 0 aliphatic heterocycles. The number of fused-ring (bicyclic) bond motifs is 1. The van der Waals surface area contributed by atoms with Crippen LogP contribution in [0.4, 0.5) is 0 Å². The third-order valence-electron chi connectivity index (χ3n) is 4.64. The molecule has 0 amide bonds. The Balaban J connectivity index is 1.65. The Morgan fingerprint density at radius 3 is 2.33 bits per heavy atom. The van der Waals surface area contributed by atoms with Crippen molar-refractivity contribution in [3.05, 3.63) is 69.7 Å². The maximum absolute atomic E-state index is 12.6. The first-order valence-electron chi connectivity index (χ1n) is 9.33. The van der Waals surface area contributed by atoms with Gasteiger partial charge < -0.3 is 8.60 Å². The second-order valence-electron chi connectivity index (χ2n) is 6.81. The summed E-state index contributed by atoms with van der Waals surface area (Å²) < 4.78 is 60.3. The van der Waals surface area contributed by atoms with Gasteiger partial charge in [-0.2, -0.15) is 8.42 Å². The molecule has 0 fully saturated rings. The maximum atomic E-state index is 12.6. The van der Waals surface area contributed by atoms with Crippen molar-refractivity contribution in [2.24, 2.45) is 0 Å². The van der Waals surface area contributed by atoms with Crippen LogP contribution in [0.1, 0.15) is 6.92 Å². The van der Waals surface area contributed by atoms with Gasteiger partial charge in [-0.3, -0.25) is 0 Å². The minimum absolute atomic E-state index is 0.0160. The molecule has 0 aliphatic carbocycles. The average molecular weight is 547 g/mol. The molecule has 0 radical (unpaired) electrons. The lowest BCUT2D eigenvalue weighted by atomic mass is 10.2. The Labute approximate surface area is 204 Å². The van der Waals surface area contributed by atoms with E-state index >= 15 is 0 Å². The summed E-state index contributed by atoms with van der Waals surface area (Å²) in [5, 5.41) is 0.169. The number of halogens is 3. The van der Waals surface area contributed by atoms with Crippen molar-refractivity contribution in [2.45, 2.75) is 16.7 Å². The standard InChI is InChI=1S/C21H14Cl3NO6S2/c1-2-32(26,27)14-5-7-19-17(11-14)25-21(30-19)12-3-6-18(15(23)9-12)31-33(28,29)20-8-4-13(22)10-16(20)24/h3-11H,2H2,1H3. The molecule has 0 unspecified atom stereocenters. The van der Waals surface area contributed by atoms with Gasteiger partial charge in [0, 0.05) is 10.6 Å². The lowest BCUT2D eigenvalue weighted by Crippen LogP contribution is -2.10. The third kappa shape index (κ3) is 4.83. The van der Waals surface area contributed by atoms with Crippen LogP contribution in [0.25, 0.3) is 22.6 Å². The van der Waals surface area contributed by atoms with Crippen molar-refractivity contribution in [1.29, 1.82) is 0 Å². The summed E-state index contributed by atoms with van der Waals surface area (Å²) in [5.41, 5.74) is 1.18. The third-order valence-corrected chi connectivity index (χ3v) is 8.62. The highest BCUT2D eigenvalue weighted by Gasteiger charge is 2.23. The van der Waals surface area contributed by atoms with E-state index in [2.05, 4.69) is 4.98 Å². The van der Waals surface area contributed by atoms with Crippen LogP contribution in [0, 0.1) is 0 Å². The minimum atomic E-state index is -4.27. The van der Waals surface area contributed by atoms with Crippen LogP contribution in [0.3, 0.4) is 0 Å². The maximum Gasteiger partial charge on any atom is 0.340 e. The van der Waals surface area contributed by atoms with Crippen molar-refractivity contribution >= 4 is 65.9 Å². The normalized spacial score (nSPS) is 12.2. The van der Waals surface area contributed by atoms with E-state index < -0.39 is 20.0 Å². The van der Waals surface area contributed by atoms with Crippen LogP contribution in [0.15, 0.2) is 68.8 Å². The Kier molecular flexibility index (Phi) is 6.36. The van der Waals surface area contributed by atoms with Gasteiger partial charge in [-0.1, -0.05) is 41.7 Å². The number of oxazole rings is 1. The molecule has 0 bridgehead atoms. The predicted molar refractivity (Wildman–Crippen MR) is 126 cm³/mol. The largest absolute Gasteiger partial charge is 0.436 e. The van der Waals surface area contributed by atoms with Crippen LogP contribution in [0.5, 0.6) is 5.75 Å². The monoisotopic (exact) mass is 545 g/mol. The van der Waals surface area contributed by atoms with Crippen LogP contribution in [-0.4, -0.2) is 27.6 Å². The van der Waals surface area contributed by atoms with Crippen LogP contribution < -0.4 is 4.18 Å². The molecule has 4 aromatic rings. The van der Waals surface area contributed by atoms with Gasteiger partial charge in [0.05, 0.1) is 20.7 Å². The second kappa shape index (κ2) is 8.81. The second-order valence-corrected chi connectivity index (χ2v) is 11.9. The van der Waals surface area contributed by atoms with Crippen LogP contribution in [-0.2, 0) is 20.0 Å². The highest BCUT2D eigenvalue weighted by atomic mass is 35.5. The molecular weight excluding hydrogens is 533 g/mol. The molecule has 33 heavy (non-hydrogen) atoms. The van der Waals surface area contributed by atoms with Gasteiger partial charge in [0.2, 0.25) is 5.89 Å². The zero-order chi connectivity index (χ0) is 24.0. The molecule has 0 saturated heterocycles. The van der Waals surface area contributed by atoms with E-state index in [0.29, 0.717) is 16.7 Å². The fourth-order valence-corrected chi connectivity index (χ4v) is 5.79. The SMILES string of the molecule is CCS(=O)(=O)c1ccc2oc(-c3ccc(OS(=O)(=O)c4ccc(Cl)cc4Cl)c(Cl)c3)nc2c1. The first-order chi connectivity index (χ1) is 15.5. The smallest absolute Gasteiger partial charge is 0.340 e. The molecule has 0 N–H and O–H groups in total. The first-order valence-corrected chi connectivity index (χ1v) is 13.5. The van der Waals surface area contributed by atoms with Gasteiger partial charge in [0.1, 0.15) is 10.4 Å². The predicted octanol–water partition coefficient (Wildman–Crippen LogP) is 6.02. The van der Waals surface area contributed by atoms with E-state index in [1.807, 2.05) is 0 Å². The number of nitrogens with zero attached hydrogens (tertiary/aromatic N) is 1. The summed E-state index contributed by atoms with van der Waals surface area (Å²) in [5.74, 6) is 0.0108. The number of aromatic nitrogens is 1. The summed E-state index contributed by atoms with van der Waals surface area (Å²) in [4.78, 5) is 4.21. The van der Waals surface area contributed by atoms with Crippen molar-refractivity contribution in [3.63, 3.8) is 0 Å². The Bertz CT molecular complexity index is 1600. The van der Waals surface area contributed by atoms with Crippen molar-refractivity contribution in [3.8, 4) is 17.2 Å². The molecule has 0 spiro atoms. The van der Waals surface area contributed by atoms with Gasteiger partial charge in [-0.15, -0.1) is 0 Å². The van der Waals surface area contributed by atoms with Gasteiger partial charge in [0.15, 0.2) is 21.2 Å². The van der Waals surface area contributed by atoms with E-state index in [1.165, 1.54) is 54.6 Å². The highest BCUT2D eigenvalue weighted by molar-refractivity contribution is 7.91. The van der Waals surface area contributed by atoms with E-state index in [1.54, 1.807) is 6.92 Å². The molecule has 3 aromatic carbocycles. The summed E-state index contributed by atoms with van der Waals surface area (Å²) in [7, 11) is -7.67. The van der Waals surface area contributed by atoms with Crippen molar-refractivity contribution in [2.75, 3.05) is 5.75 Å². The fourth-order valence-electron chi connectivity index (χ4n) is 2.93. The molecule has 4 rings (SSSR count). The van der Waals surface area contributed by atoms with E-state index in [-0.39, 0.29) is 42.3 Å². The number of rotatable bonds is 6. The van der Waals surface area contributed by atoms with Crippen LogP contribution in [0.2, 0.25) is 15.1 Å². The number of hydrogen-bond acceptors (Lipinski definition) is 7. The number of hydrogen-bond donors (Lipinski definition) is 0. The first kappa shape index (κ1) is 23.8. The quantitative estimate of drug-likeness (QED) is 0.273. The zero-order valence-electron chi connectivity index (χ0n) is 16.8. The zero-order valence-corrected chi connectivity index (χ0v) is 20.7. The molecule has 7 nitrogen and oxygen atoms in total. The van der Waals surface area contributed by atoms with Gasteiger partial charge in [-0.25, -0.2) is 13.4 Å². The minimum Gasteiger partial charge on any atom is -0.436 e. The van der Waals surface area contributed by atoms with E-state index in [9.17, 15) is 16.8 Å². The fraction of sp³-hybridized carbons (Fsp3) is 0.0952.